The van der Waals surface area contributed by atoms with E-state index in [0.717, 1.165) is 12.8 Å². The molecular formula is C18H26Cl2Ti-2. The van der Waals surface area contributed by atoms with Crippen LogP contribution in [0.5, 0.6) is 0 Å². The maximum atomic E-state index is 4.89. The molecule has 21 heavy (non-hydrogen) atoms. The maximum absolute atomic E-state index is 4.89. The summed E-state index contributed by atoms with van der Waals surface area (Å²) >= 11 is -0.556. The molecule has 2 aliphatic carbocycles. The summed E-state index contributed by atoms with van der Waals surface area (Å²) < 4.78 is 0. The monoisotopic (exact) mass is 360 g/mol. The average Bonchev–Trinajstić information content (AvgIpc) is 2.99. The van der Waals surface area contributed by atoms with Gasteiger partial charge >= 0.3 is 35.6 Å². The zero-order valence-electron chi connectivity index (χ0n) is 14.0. The molecule has 0 amide bonds. The number of hydrogen-bond donors (Lipinski definition) is 0. The van der Waals surface area contributed by atoms with E-state index in [1.807, 2.05) is 0 Å². The second-order valence-corrected chi connectivity index (χ2v) is 8.45. The van der Waals surface area contributed by atoms with Crippen molar-refractivity contribution >= 4 is 18.6 Å². The van der Waals surface area contributed by atoms with Crippen LogP contribution in [-0.4, -0.2) is 0 Å². The van der Waals surface area contributed by atoms with E-state index in [2.05, 4.69) is 65.8 Å². The Hall–Kier alpha value is 0.254. The Labute approximate surface area is 148 Å². The second-order valence-electron chi connectivity index (χ2n) is 5.87. The summed E-state index contributed by atoms with van der Waals surface area (Å²) in [5.74, 6) is 1.31. The van der Waals surface area contributed by atoms with Gasteiger partial charge in [-0.2, -0.15) is 12.2 Å². The van der Waals surface area contributed by atoms with Crippen LogP contribution < -0.4 is 0 Å². The summed E-state index contributed by atoms with van der Waals surface area (Å²) in [6, 6.07) is 0. The Balaban J connectivity index is 0.000000322. The molecule has 3 heteroatoms. The van der Waals surface area contributed by atoms with Crippen molar-refractivity contribution in [2.24, 2.45) is 11.8 Å². The van der Waals surface area contributed by atoms with Gasteiger partial charge in [-0.3, -0.25) is 12.2 Å². The molecule has 0 nitrogen and oxygen atoms in total. The number of rotatable bonds is 2. The van der Waals surface area contributed by atoms with Gasteiger partial charge in [-0.25, -0.2) is 22.3 Å². The van der Waals surface area contributed by atoms with Crippen LogP contribution >= 0.6 is 18.6 Å². The first-order chi connectivity index (χ1) is 9.84. The summed E-state index contributed by atoms with van der Waals surface area (Å²) in [4.78, 5) is 0. The van der Waals surface area contributed by atoms with Crippen LogP contribution in [0.1, 0.15) is 54.4 Å². The molecule has 0 saturated carbocycles. The van der Waals surface area contributed by atoms with Crippen LogP contribution in [0.3, 0.4) is 0 Å². The van der Waals surface area contributed by atoms with Crippen molar-refractivity contribution in [3.8, 4) is 0 Å². The van der Waals surface area contributed by atoms with Crippen molar-refractivity contribution in [1.82, 2.24) is 0 Å². The molecule has 2 rings (SSSR count). The topological polar surface area (TPSA) is 0 Å². The molecule has 0 saturated heterocycles. The third-order valence-corrected chi connectivity index (χ3v) is 3.41. The molecule has 0 aliphatic heterocycles. The molecule has 0 heterocycles. The van der Waals surface area contributed by atoms with Gasteiger partial charge in [0.25, 0.3) is 0 Å². The molecule has 0 aromatic rings. The molecule has 0 aromatic heterocycles. The Morgan fingerprint density at radius 2 is 1.14 bits per heavy atom. The molecule has 0 aromatic carbocycles. The first kappa shape index (κ1) is 21.3. The van der Waals surface area contributed by atoms with Gasteiger partial charge < -0.3 is 0 Å². The van der Waals surface area contributed by atoms with Gasteiger partial charge in [-0.1, -0.05) is 52.4 Å². The average molecular weight is 361 g/mol. The van der Waals surface area contributed by atoms with E-state index in [1.165, 1.54) is 22.3 Å². The SMILES string of the molecule is CC1=C(C(C)C)[C-]=CC1.CC1=C(C(C)C)[C-]=CC1.[Cl][Ti][Cl]. The van der Waals surface area contributed by atoms with Crippen molar-refractivity contribution in [2.75, 3.05) is 0 Å². The van der Waals surface area contributed by atoms with Gasteiger partial charge in [-0.15, -0.1) is 13.8 Å². The Bertz CT molecular complexity index is 386. The fourth-order valence-corrected chi connectivity index (χ4v) is 2.41. The van der Waals surface area contributed by atoms with Crippen LogP contribution in [0.25, 0.3) is 0 Å². The van der Waals surface area contributed by atoms with Crippen LogP contribution in [0.2, 0.25) is 0 Å². The summed E-state index contributed by atoms with van der Waals surface area (Å²) in [5, 5.41) is 0. The van der Waals surface area contributed by atoms with Crippen LogP contribution in [0.15, 0.2) is 34.4 Å². The fourth-order valence-electron chi connectivity index (χ4n) is 2.41. The minimum absolute atomic E-state index is 0.556. The quantitative estimate of drug-likeness (QED) is 0.374. The third-order valence-electron chi connectivity index (χ3n) is 3.41. The zero-order valence-corrected chi connectivity index (χ0v) is 17.1. The first-order valence-corrected chi connectivity index (χ1v) is 11.7. The normalized spacial score (nSPS) is 16.3. The predicted molar refractivity (Wildman–Crippen MR) is 91.6 cm³/mol. The number of hydrogen-bond acceptors (Lipinski definition) is 0. The van der Waals surface area contributed by atoms with Crippen LogP contribution in [0, 0.1) is 24.0 Å². The van der Waals surface area contributed by atoms with Crippen LogP contribution in [0.4, 0.5) is 0 Å². The van der Waals surface area contributed by atoms with E-state index in [-0.39, 0.29) is 0 Å². The van der Waals surface area contributed by atoms with E-state index in [0.29, 0.717) is 11.8 Å². The molecule has 118 valence electrons. The summed E-state index contributed by atoms with van der Waals surface area (Å²) in [5.41, 5.74) is 5.81. The predicted octanol–water partition coefficient (Wildman–Crippen LogP) is 6.82. The van der Waals surface area contributed by atoms with E-state index in [9.17, 15) is 0 Å². The Morgan fingerprint density at radius 1 is 0.857 bits per heavy atom. The zero-order chi connectivity index (χ0) is 16.4. The van der Waals surface area contributed by atoms with E-state index < -0.39 is 17.0 Å². The van der Waals surface area contributed by atoms with Gasteiger partial charge in [0.05, 0.1) is 0 Å². The molecule has 0 atom stereocenters. The van der Waals surface area contributed by atoms with Crippen molar-refractivity contribution in [3.63, 3.8) is 0 Å². The van der Waals surface area contributed by atoms with Crippen molar-refractivity contribution in [2.45, 2.75) is 54.4 Å². The van der Waals surface area contributed by atoms with Crippen molar-refractivity contribution in [1.29, 1.82) is 0 Å². The van der Waals surface area contributed by atoms with Gasteiger partial charge in [-0.05, 0) is 0 Å². The summed E-state index contributed by atoms with van der Waals surface area (Å²) in [6.45, 7) is 13.2. The molecule has 0 N–H and O–H groups in total. The first-order valence-electron chi connectivity index (χ1n) is 7.37. The standard InChI is InChI=1S/2C9H13.2ClH.Ti/c2*1-7(2)9-6-4-5-8(9)3;;;/h2*4,7H,5H2,1-3H3;2*1H;/q2*-1;;;+2/p-2. The molecular weight excluding hydrogens is 335 g/mol. The van der Waals surface area contributed by atoms with Crippen molar-refractivity contribution < 1.29 is 17.0 Å². The summed E-state index contributed by atoms with van der Waals surface area (Å²) in [7, 11) is 9.78. The molecule has 0 spiro atoms. The molecule has 0 fully saturated rings. The molecule has 2 aliphatic rings. The van der Waals surface area contributed by atoms with Crippen molar-refractivity contribution in [3.05, 3.63) is 46.6 Å². The molecule has 0 bridgehead atoms. The third kappa shape index (κ3) is 8.45. The van der Waals surface area contributed by atoms with Gasteiger partial charge in [0, 0.05) is 0 Å². The Kier molecular flexibility index (Phi) is 11.9. The molecule has 0 unspecified atom stereocenters. The van der Waals surface area contributed by atoms with Crippen LogP contribution in [-0.2, 0) is 17.0 Å². The minimum atomic E-state index is -0.556. The van der Waals surface area contributed by atoms with Gasteiger partial charge in [0.15, 0.2) is 0 Å². The second kappa shape index (κ2) is 11.8. The Morgan fingerprint density at radius 3 is 1.24 bits per heavy atom. The molecule has 0 radical (unpaired) electrons. The van der Waals surface area contributed by atoms with Gasteiger partial charge in [0.1, 0.15) is 0 Å². The van der Waals surface area contributed by atoms with E-state index >= 15 is 0 Å². The fraction of sp³-hybridized carbons (Fsp3) is 0.556. The van der Waals surface area contributed by atoms with E-state index in [4.69, 9.17) is 18.6 Å². The number of halogens is 2. The summed E-state index contributed by atoms with van der Waals surface area (Å²) in [6.07, 6.45) is 13.0. The van der Waals surface area contributed by atoms with E-state index in [1.54, 1.807) is 0 Å². The van der Waals surface area contributed by atoms with Gasteiger partial charge in [0.2, 0.25) is 0 Å². The number of allylic oxidation sites excluding steroid dienone is 8.